The fraction of sp³-hybridized carbons (Fsp3) is 0.200. The summed E-state index contributed by atoms with van der Waals surface area (Å²) in [6.45, 7) is 1.18. The van der Waals surface area contributed by atoms with Crippen molar-refractivity contribution in [3.05, 3.63) is 53.4 Å². The summed E-state index contributed by atoms with van der Waals surface area (Å²) in [5.41, 5.74) is 1.56. The molecule has 1 amide bonds. The highest BCUT2D eigenvalue weighted by molar-refractivity contribution is 6.31. The predicted octanol–water partition coefficient (Wildman–Crippen LogP) is 2.46. The lowest BCUT2D eigenvalue weighted by molar-refractivity contribution is 0.0944. The van der Waals surface area contributed by atoms with Gasteiger partial charge in [0, 0.05) is 41.9 Å². The minimum Gasteiger partial charge on any atom is -0.349 e. The highest BCUT2D eigenvalue weighted by Crippen LogP contribution is 2.22. The molecule has 0 saturated carbocycles. The molecule has 0 aliphatic rings. The average Bonchev–Trinajstić information content (AvgIpc) is 3.08. The van der Waals surface area contributed by atoms with Gasteiger partial charge in [-0.3, -0.25) is 9.48 Å². The van der Waals surface area contributed by atoms with Gasteiger partial charge in [0.2, 0.25) is 0 Å². The van der Waals surface area contributed by atoms with E-state index in [9.17, 15) is 4.79 Å². The average molecular weight is 303 g/mol. The van der Waals surface area contributed by atoms with E-state index < -0.39 is 0 Å². The zero-order chi connectivity index (χ0) is 14.8. The van der Waals surface area contributed by atoms with Crippen molar-refractivity contribution in [3.63, 3.8) is 0 Å². The second kappa shape index (κ2) is 5.61. The summed E-state index contributed by atoms with van der Waals surface area (Å²) in [5, 5.41) is 8.65. The molecule has 0 bridgehead atoms. The minimum atomic E-state index is -0.100. The number of aryl methyl sites for hydroxylation is 1. The van der Waals surface area contributed by atoms with Crippen LogP contribution in [0.2, 0.25) is 5.02 Å². The molecule has 1 aromatic carbocycles. The second-order valence-corrected chi connectivity index (χ2v) is 5.25. The lowest BCUT2D eigenvalue weighted by atomic mass is 10.2. The van der Waals surface area contributed by atoms with Crippen LogP contribution in [-0.4, -0.2) is 26.8 Å². The Morgan fingerprint density at radius 3 is 3.00 bits per heavy atom. The summed E-state index contributed by atoms with van der Waals surface area (Å²) in [6, 6.07) is 9.32. The van der Waals surface area contributed by atoms with E-state index >= 15 is 0 Å². The molecule has 0 unspecified atom stereocenters. The van der Waals surface area contributed by atoms with Crippen molar-refractivity contribution in [3.8, 4) is 0 Å². The van der Waals surface area contributed by atoms with Gasteiger partial charge in [0.25, 0.3) is 5.91 Å². The molecule has 21 heavy (non-hydrogen) atoms. The number of amides is 1. The number of nitrogens with one attached hydrogen (secondary N) is 1. The van der Waals surface area contributed by atoms with E-state index in [0.29, 0.717) is 23.8 Å². The van der Waals surface area contributed by atoms with Crippen molar-refractivity contribution in [2.75, 3.05) is 6.54 Å². The largest absolute Gasteiger partial charge is 0.349 e. The lowest BCUT2D eigenvalue weighted by Crippen LogP contribution is -2.28. The van der Waals surface area contributed by atoms with Gasteiger partial charge in [-0.2, -0.15) is 5.10 Å². The van der Waals surface area contributed by atoms with Gasteiger partial charge < -0.3 is 9.88 Å². The number of fused-ring (bicyclic) bond motifs is 1. The normalized spacial score (nSPS) is 11.0. The first kappa shape index (κ1) is 13.7. The Bertz CT molecular complexity index is 776. The maximum atomic E-state index is 12.3. The fourth-order valence-electron chi connectivity index (χ4n) is 2.33. The molecule has 3 rings (SSSR count). The molecule has 108 valence electrons. The molecule has 1 N–H and O–H groups in total. The van der Waals surface area contributed by atoms with Crippen LogP contribution >= 0.6 is 11.6 Å². The van der Waals surface area contributed by atoms with Crippen molar-refractivity contribution < 1.29 is 4.79 Å². The van der Waals surface area contributed by atoms with Crippen LogP contribution < -0.4 is 5.32 Å². The minimum absolute atomic E-state index is 0.100. The monoisotopic (exact) mass is 302 g/mol. The Hall–Kier alpha value is -2.27. The van der Waals surface area contributed by atoms with Crippen molar-refractivity contribution in [1.82, 2.24) is 19.7 Å². The van der Waals surface area contributed by atoms with Gasteiger partial charge in [0.15, 0.2) is 0 Å². The number of rotatable bonds is 4. The first-order chi connectivity index (χ1) is 10.1. The standard InChI is InChI=1S/C15H15ClN4O/c1-19-13-10-12(16)4-3-11(13)9-14(19)15(21)17-6-8-20-7-2-5-18-20/h2-5,7,9-10H,6,8H2,1H3,(H,17,21). The Morgan fingerprint density at radius 2 is 2.24 bits per heavy atom. The smallest absolute Gasteiger partial charge is 0.267 e. The van der Waals surface area contributed by atoms with Crippen LogP contribution in [0.4, 0.5) is 0 Å². The van der Waals surface area contributed by atoms with E-state index in [-0.39, 0.29) is 5.91 Å². The highest BCUT2D eigenvalue weighted by Gasteiger charge is 2.13. The molecule has 0 aliphatic heterocycles. The number of carbonyl (C=O) groups is 1. The summed E-state index contributed by atoms with van der Waals surface area (Å²) >= 11 is 6.00. The van der Waals surface area contributed by atoms with Gasteiger partial charge in [0.1, 0.15) is 5.69 Å². The van der Waals surface area contributed by atoms with E-state index in [4.69, 9.17) is 11.6 Å². The third-order valence-electron chi connectivity index (χ3n) is 3.43. The molecule has 0 radical (unpaired) electrons. The van der Waals surface area contributed by atoms with E-state index in [2.05, 4.69) is 10.4 Å². The number of carbonyl (C=O) groups excluding carboxylic acids is 1. The van der Waals surface area contributed by atoms with E-state index in [1.54, 1.807) is 10.9 Å². The van der Waals surface area contributed by atoms with Gasteiger partial charge in [0.05, 0.1) is 6.54 Å². The molecule has 0 atom stereocenters. The number of hydrogen-bond donors (Lipinski definition) is 1. The number of halogens is 1. The second-order valence-electron chi connectivity index (χ2n) is 4.82. The summed E-state index contributed by atoms with van der Waals surface area (Å²) in [4.78, 5) is 12.3. The molecule has 0 fully saturated rings. The molecule has 6 heteroatoms. The quantitative estimate of drug-likeness (QED) is 0.805. The van der Waals surface area contributed by atoms with Crippen LogP contribution in [0.1, 0.15) is 10.5 Å². The zero-order valence-electron chi connectivity index (χ0n) is 11.6. The third kappa shape index (κ3) is 2.78. The molecule has 3 aromatic rings. The number of aromatic nitrogens is 3. The topological polar surface area (TPSA) is 51.9 Å². The van der Waals surface area contributed by atoms with Crippen molar-refractivity contribution in [1.29, 1.82) is 0 Å². The highest BCUT2D eigenvalue weighted by atomic mass is 35.5. The Morgan fingerprint density at radius 1 is 1.38 bits per heavy atom. The summed E-state index contributed by atoms with van der Waals surface area (Å²) < 4.78 is 3.63. The molecule has 5 nitrogen and oxygen atoms in total. The molecule has 0 saturated heterocycles. The van der Waals surface area contributed by atoms with E-state index in [1.165, 1.54) is 0 Å². The van der Waals surface area contributed by atoms with E-state index in [1.807, 2.05) is 48.1 Å². The summed E-state index contributed by atoms with van der Waals surface area (Å²) in [7, 11) is 1.86. The number of nitrogens with zero attached hydrogens (tertiary/aromatic N) is 3. The predicted molar refractivity (Wildman–Crippen MR) is 82.5 cm³/mol. The molecule has 0 aliphatic carbocycles. The van der Waals surface area contributed by atoms with Crippen molar-refractivity contribution in [2.24, 2.45) is 7.05 Å². The fourth-order valence-corrected chi connectivity index (χ4v) is 2.49. The first-order valence-corrected chi connectivity index (χ1v) is 7.03. The molecular weight excluding hydrogens is 288 g/mol. The number of hydrogen-bond acceptors (Lipinski definition) is 2. The maximum Gasteiger partial charge on any atom is 0.267 e. The Kier molecular flexibility index (Phi) is 3.66. The zero-order valence-corrected chi connectivity index (χ0v) is 12.3. The molecule has 2 aromatic heterocycles. The molecule has 0 spiro atoms. The first-order valence-electron chi connectivity index (χ1n) is 6.66. The number of benzene rings is 1. The maximum absolute atomic E-state index is 12.3. The van der Waals surface area contributed by atoms with E-state index in [0.717, 1.165) is 10.9 Å². The van der Waals surface area contributed by atoms with Crippen LogP contribution in [0.5, 0.6) is 0 Å². The Labute approximate surface area is 127 Å². The van der Waals surface area contributed by atoms with Gasteiger partial charge in [-0.25, -0.2) is 0 Å². The lowest BCUT2D eigenvalue weighted by Gasteiger charge is -2.06. The van der Waals surface area contributed by atoms with Crippen LogP contribution in [0.15, 0.2) is 42.7 Å². The summed E-state index contributed by atoms with van der Waals surface area (Å²) in [5.74, 6) is -0.100. The van der Waals surface area contributed by atoms with Crippen molar-refractivity contribution in [2.45, 2.75) is 6.54 Å². The van der Waals surface area contributed by atoms with Gasteiger partial charge in [-0.1, -0.05) is 17.7 Å². The van der Waals surface area contributed by atoms with Crippen molar-refractivity contribution >= 4 is 28.4 Å². The molecule has 2 heterocycles. The third-order valence-corrected chi connectivity index (χ3v) is 3.66. The molecular formula is C15H15ClN4O. The SMILES string of the molecule is Cn1c(C(=O)NCCn2cccn2)cc2ccc(Cl)cc21. The van der Waals surface area contributed by atoms with Crippen LogP contribution in [0, 0.1) is 0 Å². The Balaban J connectivity index is 1.73. The van der Waals surface area contributed by atoms with Gasteiger partial charge >= 0.3 is 0 Å². The van der Waals surface area contributed by atoms with Gasteiger partial charge in [-0.05, 0) is 24.3 Å². The van der Waals surface area contributed by atoms with Crippen LogP contribution in [0.3, 0.4) is 0 Å². The van der Waals surface area contributed by atoms with Crippen LogP contribution in [-0.2, 0) is 13.6 Å². The summed E-state index contributed by atoms with van der Waals surface area (Å²) in [6.07, 6.45) is 3.58. The van der Waals surface area contributed by atoms with Gasteiger partial charge in [-0.15, -0.1) is 0 Å². The van der Waals surface area contributed by atoms with Crippen LogP contribution in [0.25, 0.3) is 10.9 Å².